The van der Waals surface area contributed by atoms with E-state index < -0.39 is 35.1 Å². The molecule has 8 heteroatoms. The van der Waals surface area contributed by atoms with E-state index in [0.29, 0.717) is 11.6 Å². The number of methoxy groups -OCH3 is 1. The fourth-order valence-corrected chi connectivity index (χ4v) is 2.25. The number of amides is 1. The molecule has 0 bridgehead atoms. The molecule has 0 heterocycles. The number of ether oxygens (including phenoxy) is 1. The molecule has 142 valence electrons. The van der Waals surface area contributed by atoms with Gasteiger partial charge in [0.15, 0.2) is 11.6 Å². The van der Waals surface area contributed by atoms with Gasteiger partial charge in [0.05, 0.1) is 13.2 Å². The van der Waals surface area contributed by atoms with Crippen LogP contribution >= 0.6 is 0 Å². The quantitative estimate of drug-likeness (QED) is 0.475. The van der Waals surface area contributed by atoms with Gasteiger partial charge >= 0.3 is 5.97 Å². The number of nitrogens with zero attached hydrogens (tertiary/aromatic N) is 1. The molecule has 0 unspecified atom stereocenters. The molecule has 2 aromatic carbocycles. The van der Waals surface area contributed by atoms with Crippen LogP contribution in [0.3, 0.4) is 0 Å². The molecule has 0 aromatic heterocycles. The summed E-state index contributed by atoms with van der Waals surface area (Å²) in [5.41, 5.74) is 0.841. The predicted octanol–water partition coefficient (Wildman–Crippen LogP) is 3.25. The number of carbonyl (C=O) groups is 2. The summed E-state index contributed by atoms with van der Waals surface area (Å²) in [7, 11) is 1.04. The Bertz CT molecular complexity index is 866. The number of hydrogen-bond acceptors (Lipinski definition) is 4. The lowest BCUT2D eigenvalue weighted by atomic mass is 10.1. The number of aliphatic hydroxyl groups is 1. The maximum absolute atomic E-state index is 13.4. The van der Waals surface area contributed by atoms with E-state index in [2.05, 4.69) is 4.74 Å². The minimum absolute atomic E-state index is 0.0247. The van der Waals surface area contributed by atoms with Crippen molar-refractivity contribution in [3.8, 4) is 0 Å². The van der Waals surface area contributed by atoms with Gasteiger partial charge in [-0.25, -0.2) is 18.0 Å². The van der Waals surface area contributed by atoms with Crippen LogP contribution < -0.4 is 0 Å². The highest BCUT2D eigenvalue weighted by atomic mass is 19.2. The van der Waals surface area contributed by atoms with Crippen LogP contribution in [0, 0.1) is 17.5 Å². The topological polar surface area (TPSA) is 66.8 Å². The van der Waals surface area contributed by atoms with Crippen molar-refractivity contribution in [2.24, 2.45) is 0 Å². The number of esters is 1. The summed E-state index contributed by atoms with van der Waals surface area (Å²) in [5, 5.41) is 9.57. The number of halogens is 3. The van der Waals surface area contributed by atoms with Gasteiger partial charge < -0.3 is 14.7 Å². The van der Waals surface area contributed by atoms with Gasteiger partial charge in [-0.2, -0.15) is 0 Å². The Balaban J connectivity index is 2.28. The molecule has 0 aliphatic rings. The van der Waals surface area contributed by atoms with Crippen LogP contribution in [0.25, 0.3) is 0 Å². The van der Waals surface area contributed by atoms with Gasteiger partial charge in [0.25, 0.3) is 5.91 Å². The molecule has 0 spiro atoms. The van der Waals surface area contributed by atoms with Gasteiger partial charge in [-0.1, -0.05) is 18.2 Å². The molecule has 0 radical (unpaired) electrons. The fraction of sp³-hybridized carbons (Fsp3) is 0.158. The SMILES string of the molecule is COC(=O)/C(O)=C/C(=O)N(Cc1ccc(F)cc1)Cc1ccc(F)c(F)c1. The number of aliphatic hydroxyl groups excluding tert-OH is 1. The maximum atomic E-state index is 13.4. The van der Waals surface area contributed by atoms with Crippen molar-refractivity contribution in [3.05, 3.63) is 82.9 Å². The van der Waals surface area contributed by atoms with E-state index in [0.717, 1.165) is 19.2 Å². The summed E-state index contributed by atoms with van der Waals surface area (Å²) >= 11 is 0. The van der Waals surface area contributed by atoms with E-state index in [1.54, 1.807) is 0 Å². The molecule has 1 amide bonds. The van der Waals surface area contributed by atoms with Gasteiger partial charge in [0.1, 0.15) is 5.82 Å². The van der Waals surface area contributed by atoms with Crippen molar-refractivity contribution in [1.82, 2.24) is 4.90 Å². The van der Waals surface area contributed by atoms with Crippen LogP contribution in [0.5, 0.6) is 0 Å². The van der Waals surface area contributed by atoms with Crippen LogP contribution in [0.1, 0.15) is 11.1 Å². The third-order valence-corrected chi connectivity index (χ3v) is 3.61. The average Bonchev–Trinajstić information content (AvgIpc) is 2.65. The van der Waals surface area contributed by atoms with Crippen molar-refractivity contribution in [2.45, 2.75) is 13.1 Å². The lowest BCUT2D eigenvalue weighted by molar-refractivity contribution is -0.139. The Labute approximate surface area is 153 Å². The second kappa shape index (κ2) is 8.88. The normalized spacial score (nSPS) is 11.2. The summed E-state index contributed by atoms with van der Waals surface area (Å²) in [4.78, 5) is 24.9. The van der Waals surface area contributed by atoms with Gasteiger partial charge in [-0.05, 0) is 35.4 Å². The van der Waals surface area contributed by atoms with Crippen molar-refractivity contribution in [3.63, 3.8) is 0 Å². The zero-order valence-electron chi connectivity index (χ0n) is 14.3. The van der Waals surface area contributed by atoms with Gasteiger partial charge in [0.2, 0.25) is 5.76 Å². The third-order valence-electron chi connectivity index (χ3n) is 3.61. The Morgan fingerprint density at radius 3 is 2.19 bits per heavy atom. The first-order chi connectivity index (χ1) is 12.8. The van der Waals surface area contributed by atoms with Crippen molar-refractivity contribution in [2.75, 3.05) is 7.11 Å². The standard InChI is InChI=1S/C19H16F3NO4/c1-27-19(26)17(24)9-18(25)23(10-12-2-5-14(20)6-3-12)11-13-4-7-15(21)16(22)8-13/h2-9,24H,10-11H2,1H3/b17-9-. The molecule has 0 saturated carbocycles. The predicted molar refractivity (Wildman–Crippen MR) is 89.7 cm³/mol. The molecule has 2 rings (SSSR count). The summed E-state index contributed by atoms with van der Waals surface area (Å²) in [6.07, 6.45) is 0.662. The van der Waals surface area contributed by atoms with Gasteiger partial charge in [0, 0.05) is 13.1 Å². The van der Waals surface area contributed by atoms with Crippen LogP contribution in [0.2, 0.25) is 0 Å². The van der Waals surface area contributed by atoms with E-state index in [-0.39, 0.29) is 18.7 Å². The molecule has 0 aliphatic heterocycles. The van der Waals surface area contributed by atoms with E-state index >= 15 is 0 Å². The van der Waals surface area contributed by atoms with E-state index in [4.69, 9.17) is 0 Å². The van der Waals surface area contributed by atoms with Gasteiger partial charge in [-0.3, -0.25) is 4.79 Å². The van der Waals surface area contributed by atoms with Crippen LogP contribution in [0.4, 0.5) is 13.2 Å². The zero-order valence-corrected chi connectivity index (χ0v) is 14.3. The lowest BCUT2D eigenvalue weighted by Crippen LogP contribution is -2.29. The molecule has 0 atom stereocenters. The number of carbonyl (C=O) groups excluding carboxylic acids is 2. The highest BCUT2D eigenvalue weighted by Gasteiger charge is 2.17. The second-order valence-corrected chi connectivity index (χ2v) is 5.59. The Hall–Kier alpha value is -3.29. The minimum atomic E-state index is -1.10. The van der Waals surface area contributed by atoms with Crippen LogP contribution in [0.15, 0.2) is 54.3 Å². The molecule has 0 saturated heterocycles. The average molecular weight is 379 g/mol. The first-order valence-corrected chi connectivity index (χ1v) is 7.76. The van der Waals surface area contributed by atoms with Gasteiger partial charge in [-0.15, -0.1) is 0 Å². The molecular weight excluding hydrogens is 363 g/mol. The molecular formula is C19H16F3NO4. The van der Waals surface area contributed by atoms with E-state index in [9.17, 15) is 27.9 Å². The maximum Gasteiger partial charge on any atom is 0.373 e. The zero-order chi connectivity index (χ0) is 20.0. The molecule has 1 N–H and O–H groups in total. The smallest absolute Gasteiger partial charge is 0.373 e. The fourth-order valence-electron chi connectivity index (χ4n) is 2.25. The second-order valence-electron chi connectivity index (χ2n) is 5.59. The summed E-state index contributed by atoms with van der Waals surface area (Å²) in [6.45, 7) is -0.165. The minimum Gasteiger partial charge on any atom is -0.502 e. The summed E-state index contributed by atoms with van der Waals surface area (Å²) in [6, 6.07) is 8.47. The largest absolute Gasteiger partial charge is 0.502 e. The van der Waals surface area contributed by atoms with E-state index in [1.807, 2.05) is 0 Å². The highest BCUT2D eigenvalue weighted by molar-refractivity contribution is 5.96. The Kier molecular flexibility index (Phi) is 6.59. The molecule has 27 heavy (non-hydrogen) atoms. The molecule has 5 nitrogen and oxygen atoms in total. The Morgan fingerprint density at radius 2 is 1.59 bits per heavy atom. The lowest BCUT2D eigenvalue weighted by Gasteiger charge is -2.22. The highest BCUT2D eigenvalue weighted by Crippen LogP contribution is 2.15. The van der Waals surface area contributed by atoms with Crippen molar-refractivity contribution in [1.29, 1.82) is 0 Å². The first kappa shape index (κ1) is 20.0. The van der Waals surface area contributed by atoms with Crippen molar-refractivity contribution < 1.29 is 32.6 Å². The molecule has 0 aliphatic carbocycles. The molecule has 0 fully saturated rings. The third kappa shape index (κ3) is 5.60. The number of benzene rings is 2. The summed E-state index contributed by atoms with van der Waals surface area (Å²) in [5.74, 6) is -5.34. The number of rotatable bonds is 6. The number of hydrogen-bond donors (Lipinski definition) is 1. The molecule has 2 aromatic rings. The Morgan fingerprint density at radius 1 is 1.00 bits per heavy atom. The summed E-state index contributed by atoms with van der Waals surface area (Å²) < 4.78 is 43.9. The van der Waals surface area contributed by atoms with Crippen molar-refractivity contribution >= 4 is 11.9 Å². The van der Waals surface area contributed by atoms with Crippen LogP contribution in [-0.2, 0) is 27.4 Å². The van der Waals surface area contributed by atoms with E-state index in [1.165, 1.54) is 35.2 Å². The first-order valence-electron chi connectivity index (χ1n) is 7.76. The van der Waals surface area contributed by atoms with Crippen LogP contribution in [-0.4, -0.2) is 29.0 Å². The monoisotopic (exact) mass is 379 g/mol.